The number of imidazole rings is 1. The van der Waals surface area contributed by atoms with Crippen molar-refractivity contribution in [3.8, 4) is 0 Å². The quantitative estimate of drug-likeness (QED) is 0.684. The topological polar surface area (TPSA) is 17.8 Å². The van der Waals surface area contributed by atoms with Gasteiger partial charge in [0.1, 0.15) is 5.82 Å². The minimum absolute atomic E-state index is 0.519. The summed E-state index contributed by atoms with van der Waals surface area (Å²) in [5.41, 5.74) is 2.19. The van der Waals surface area contributed by atoms with Crippen molar-refractivity contribution >= 4 is 34.2 Å². The number of aromatic nitrogens is 2. The van der Waals surface area contributed by atoms with Gasteiger partial charge in [-0.05, 0) is 49.3 Å². The second-order valence-corrected chi connectivity index (χ2v) is 7.36. The summed E-state index contributed by atoms with van der Waals surface area (Å²) in [6.07, 6.45) is 4.58. The summed E-state index contributed by atoms with van der Waals surface area (Å²) in [6.45, 7) is 4.71. The molecule has 1 fully saturated rings. The van der Waals surface area contributed by atoms with Gasteiger partial charge in [0.25, 0.3) is 0 Å². The lowest BCUT2D eigenvalue weighted by Gasteiger charge is -2.33. The number of aryl methyl sites for hydroxylation is 1. The number of nitrogens with zero attached hydrogens (tertiary/aromatic N) is 2. The van der Waals surface area contributed by atoms with Crippen LogP contribution in [0.2, 0.25) is 5.02 Å². The van der Waals surface area contributed by atoms with Gasteiger partial charge in [-0.1, -0.05) is 25.4 Å². The average molecular weight is 325 g/mol. The summed E-state index contributed by atoms with van der Waals surface area (Å²) in [5, 5.41) is 0.776. The molecule has 0 aliphatic heterocycles. The highest BCUT2D eigenvalue weighted by Gasteiger charge is 2.28. The molecule has 0 amide bonds. The van der Waals surface area contributed by atoms with Gasteiger partial charge in [-0.2, -0.15) is 0 Å². The van der Waals surface area contributed by atoms with Crippen LogP contribution in [0.5, 0.6) is 0 Å². The number of hydrogen-bond donors (Lipinski definition) is 0. The van der Waals surface area contributed by atoms with Crippen LogP contribution >= 0.6 is 23.2 Å². The Hall–Kier alpha value is -0.730. The van der Waals surface area contributed by atoms with Crippen molar-refractivity contribution in [2.45, 2.75) is 45.6 Å². The van der Waals surface area contributed by atoms with Crippen LogP contribution in [0.4, 0.5) is 0 Å². The molecule has 2 unspecified atom stereocenters. The third kappa shape index (κ3) is 3.07. The smallest absolute Gasteiger partial charge is 0.111 e. The molecular weight excluding hydrogens is 303 g/mol. The Bertz CT molecular complexity index is 625. The lowest BCUT2D eigenvalue weighted by molar-refractivity contribution is 0.222. The summed E-state index contributed by atoms with van der Waals surface area (Å²) in [5.74, 6) is 3.24. The van der Waals surface area contributed by atoms with E-state index in [1.165, 1.54) is 19.3 Å². The lowest BCUT2D eigenvalue weighted by atomic mass is 9.80. The third-order valence-corrected chi connectivity index (χ3v) is 4.99. The fraction of sp³-hybridized carbons (Fsp3) is 0.588. The molecular formula is C17H22Cl2N2. The standard InChI is InChI=1S/C17H22Cl2N2/c1-11-7-12(2)9-14(8-11)21-16-10-13(19)3-4-15(16)20-17(21)5-6-18/h3-4,10-12,14H,5-9H2,1-2H3. The van der Waals surface area contributed by atoms with Gasteiger partial charge < -0.3 is 4.57 Å². The highest BCUT2D eigenvalue weighted by atomic mass is 35.5. The molecule has 0 spiro atoms. The number of alkyl halides is 1. The molecule has 0 radical (unpaired) electrons. The zero-order chi connectivity index (χ0) is 15.0. The molecule has 3 rings (SSSR count). The Balaban J connectivity index is 2.09. The molecule has 1 saturated carbocycles. The molecule has 0 bridgehead atoms. The fourth-order valence-electron chi connectivity index (χ4n) is 3.90. The maximum atomic E-state index is 6.21. The third-order valence-electron chi connectivity index (χ3n) is 4.56. The minimum atomic E-state index is 0.519. The highest BCUT2D eigenvalue weighted by Crippen LogP contribution is 2.38. The van der Waals surface area contributed by atoms with Crippen molar-refractivity contribution in [3.05, 3.63) is 29.0 Å². The molecule has 1 aromatic carbocycles. The summed E-state index contributed by atoms with van der Waals surface area (Å²) in [6, 6.07) is 6.50. The maximum Gasteiger partial charge on any atom is 0.111 e. The Morgan fingerprint density at radius 1 is 1.19 bits per heavy atom. The van der Waals surface area contributed by atoms with Crippen LogP contribution in [-0.2, 0) is 6.42 Å². The predicted molar refractivity (Wildman–Crippen MR) is 90.4 cm³/mol. The molecule has 2 nitrogen and oxygen atoms in total. The molecule has 2 atom stereocenters. The van der Waals surface area contributed by atoms with Crippen molar-refractivity contribution < 1.29 is 0 Å². The van der Waals surface area contributed by atoms with Gasteiger partial charge in [-0.3, -0.25) is 0 Å². The van der Waals surface area contributed by atoms with Gasteiger partial charge in [-0.15, -0.1) is 11.6 Å². The van der Waals surface area contributed by atoms with E-state index in [2.05, 4.69) is 18.4 Å². The average Bonchev–Trinajstić information content (AvgIpc) is 2.75. The van der Waals surface area contributed by atoms with E-state index in [1.54, 1.807) is 0 Å². The van der Waals surface area contributed by atoms with E-state index in [-0.39, 0.29) is 0 Å². The first kappa shape index (κ1) is 15.2. The number of rotatable bonds is 3. The number of halogens is 2. The van der Waals surface area contributed by atoms with Crippen molar-refractivity contribution in [1.29, 1.82) is 0 Å². The van der Waals surface area contributed by atoms with Crippen LogP contribution < -0.4 is 0 Å². The Morgan fingerprint density at radius 2 is 1.90 bits per heavy atom. The number of fused-ring (bicyclic) bond motifs is 1. The lowest BCUT2D eigenvalue weighted by Crippen LogP contribution is -2.24. The van der Waals surface area contributed by atoms with E-state index >= 15 is 0 Å². The van der Waals surface area contributed by atoms with E-state index in [9.17, 15) is 0 Å². The number of benzene rings is 1. The zero-order valence-electron chi connectivity index (χ0n) is 12.6. The van der Waals surface area contributed by atoms with Gasteiger partial charge in [0.05, 0.1) is 11.0 Å². The fourth-order valence-corrected chi connectivity index (χ4v) is 4.24. The van der Waals surface area contributed by atoms with Crippen LogP contribution in [0, 0.1) is 11.8 Å². The van der Waals surface area contributed by atoms with Crippen LogP contribution in [0.25, 0.3) is 11.0 Å². The van der Waals surface area contributed by atoms with Crippen molar-refractivity contribution in [1.82, 2.24) is 9.55 Å². The molecule has 114 valence electrons. The first-order chi connectivity index (χ1) is 10.1. The Morgan fingerprint density at radius 3 is 2.57 bits per heavy atom. The molecule has 2 aromatic rings. The summed E-state index contributed by atoms with van der Waals surface area (Å²) >= 11 is 12.2. The number of hydrogen-bond acceptors (Lipinski definition) is 1. The van der Waals surface area contributed by atoms with Crippen molar-refractivity contribution in [2.24, 2.45) is 11.8 Å². The SMILES string of the molecule is CC1CC(C)CC(n2c(CCCl)nc3ccc(Cl)cc32)C1. The minimum Gasteiger partial charge on any atom is -0.325 e. The van der Waals surface area contributed by atoms with E-state index < -0.39 is 0 Å². The molecule has 21 heavy (non-hydrogen) atoms. The van der Waals surface area contributed by atoms with Gasteiger partial charge in [0, 0.05) is 23.4 Å². The first-order valence-corrected chi connectivity index (χ1v) is 8.72. The zero-order valence-corrected chi connectivity index (χ0v) is 14.2. The second-order valence-electron chi connectivity index (χ2n) is 6.54. The monoisotopic (exact) mass is 324 g/mol. The Kier molecular flexibility index (Phi) is 4.46. The van der Waals surface area contributed by atoms with Gasteiger partial charge in [0.15, 0.2) is 0 Å². The normalized spacial score (nSPS) is 26.4. The molecule has 1 heterocycles. The summed E-state index contributed by atoms with van der Waals surface area (Å²) < 4.78 is 2.41. The van der Waals surface area contributed by atoms with Gasteiger partial charge >= 0.3 is 0 Å². The van der Waals surface area contributed by atoms with Crippen LogP contribution in [0.1, 0.15) is 45.0 Å². The van der Waals surface area contributed by atoms with Gasteiger partial charge in [0.2, 0.25) is 0 Å². The van der Waals surface area contributed by atoms with Crippen LogP contribution in [0.3, 0.4) is 0 Å². The second kappa shape index (κ2) is 6.18. The Labute approximate surface area is 136 Å². The van der Waals surface area contributed by atoms with Gasteiger partial charge in [-0.25, -0.2) is 4.98 Å². The molecule has 4 heteroatoms. The summed E-state index contributed by atoms with van der Waals surface area (Å²) in [4.78, 5) is 4.79. The highest BCUT2D eigenvalue weighted by molar-refractivity contribution is 6.31. The van der Waals surface area contributed by atoms with Crippen molar-refractivity contribution in [3.63, 3.8) is 0 Å². The largest absolute Gasteiger partial charge is 0.325 e. The van der Waals surface area contributed by atoms with Crippen molar-refractivity contribution in [2.75, 3.05) is 5.88 Å². The van der Waals surface area contributed by atoms with Crippen LogP contribution in [-0.4, -0.2) is 15.4 Å². The van der Waals surface area contributed by atoms with E-state index in [4.69, 9.17) is 28.2 Å². The van der Waals surface area contributed by atoms with E-state index in [0.717, 1.165) is 40.1 Å². The van der Waals surface area contributed by atoms with E-state index in [0.29, 0.717) is 11.9 Å². The maximum absolute atomic E-state index is 6.21. The molecule has 1 aliphatic carbocycles. The first-order valence-electron chi connectivity index (χ1n) is 7.80. The molecule has 0 N–H and O–H groups in total. The molecule has 0 saturated heterocycles. The molecule has 1 aliphatic rings. The van der Waals surface area contributed by atoms with E-state index in [1.807, 2.05) is 18.2 Å². The molecule has 1 aromatic heterocycles. The predicted octanol–water partition coefficient (Wildman–Crippen LogP) is 5.47. The summed E-state index contributed by atoms with van der Waals surface area (Å²) in [7, 11) is 0. The van der Waals surface area contributed by atoms with Crippen LogP contribution in [0.15, 0.2) is 18.2 Å².